The van der Waals surface area contributed by atoms with Crippen molar-refractivity contribution in [3.05, 3.63) is 23.8 Å². The zero-order valence-corrected chi connectivity index (χ0v) is 14.1. The molecule has 1 aromatic carbocycles. The summed E-state index contributed by atoms with van der Waals surface area (Å²) in [6.07, 6.45) is 0. The lowest BCUT2D eigenvalue weighted by Gasteiger charge is -2.32. The standard InChI is InChI=1S/C16H24BNO4/c1-7-18-14(19)12-10-11(8-9-13(12)20-6)17-21-15(2,3)16(4,5)22-17/h8-10H,7H2,1-6H3,(H,18,19). The molecule has 1 aromatic rings. The maximum Gasteiger partial charge on any atom is 0.494 e. The van der Waals surface area contributed by atoms with Crippen molar-refractivity contribution in [2.24, 2.45) is 0 Å². The maximum absolute atomic E-state index is 12.2. The molecule has 1 fully saturated rings. The van der Waals surface area contributed by atoms with E-state index in [-0.39, 0.29) is 5.91 Å². The monoisotopic (exact) mass is 305 g/mol. The Labute approximate surface area is 132 Å². The van der Waals surface area contributed by atoms with Crippen LogP contribution < -0.4 is 15.5 Å². The molecule has 0 bridgehead atoms. The molecule has 0 aromatic heterocycles. The molecule has 0 spiro atoms. The average molecular weight is 305 g/mol. The molecule has 1 aliphatic rings. The number of carbonyl (C=O) groups is 1. The molecule has 0 atom stereocenters. The lowest BCUT2D eigenvalue weighted by atomic mass is 9.78. The third-order valence-electron chi connectivity index (χ3n) is 4.33. The van der Waals surface area contributed by atoms with Gasteiger partial charge in [-0.15, -0.1) is 0 Å². The van der Waals surface area contributed by atoms with Crippen molar-refractivity contribution in [2.75, 3.05) is 13.7 Å². The first-order chi connectivity index (χ1) is 10.2. The Bertz CT molecular complexity index is 555. The number of rotatable bonds is 4. The Morgan fingerprint density at radius 3 is 2.32 bits per heavy atom. The smallest absolute Gasteiger partial charge is 0.494 e. The number of methoxy groups -OCH3 is 1. The third-order valence-corrected chi connectivity index (χ3v) is 4.33. The molecule has 1 amide bonds. The Kier molecular flexibility index (Phi) is 4.54. The normalized spacial score (nSPS) is 19.1. The van der Waals surface area contributed by atoms with Crippen LogP contribution in [-0.4, -0.2) is 37.9 Å². The van der Waals surface area contributed by atoms with Crippen LogP contribution in [0.1, 0.15) is 45.0 Å². The fourth-order valence-corrected chi connectivity index (χ4v) is 2.28. The van der Waals surface area contributed by atoms with Gasteiger partial charge in [-0.05, 0) is 52.2 Å². The second-order valence-corrected chi connectivity index (χ2v) is 6.41. The van der Waals surface area contributed by atoms with Gasteiger partial charge in [0, 0.05) is 6.54 Å². The van der Waals surface area contributed by atoms with Gasteiger partial charge in [0.1, 0.15) is 5.75 Å². The van der Waals surface area contributed by atoms with Crippen molar-refractivity contribution in [1.82, 2.24) is 5.32 Å². The van der Waals surface area contributed by atoms with Crippen LogP contribution in [0.15, 0.2) is 18.2 Å². The average Bonchev–Trinajstić information content (AvgIpc) is 2.67. The zero-order chi connectivity index (χ0) is 16.5. The first-order valence-electron chi connectivity index (χ1n) is 7.53. The lowest BCUT2D eigenvalue weighted by molar-refractivity contribution is 0.00578. The predicted molar refractivity (Wildman–Crippen MR) is 86.7 cm³/mol. The van der Waals surface area contributed by atoms with E-state index in [1.807, 2.05) is 40.7 Å². The maximum atomic E-state index is 12.2. The summed E-state index contributed by atoms with van der Waals surface area (Å²) in [5, 5.41) is 2.79. The van der Waals surface area contributed by atoms with E-state index in [2.05, 4.69) is 5.32 Å². The third kappa shape index (κ3) is 2.98. The van der Waals surface area contributed by atoms with Gasteiger partial charge in [-0.25, -0.2) is 0 Å². The van der Waals surface area contributed by atoms with Crippen LogP contribution in [0.4, 0.5) is 0 Å². The molecule has 22 heavy (non-hydrogen) atoms. The van der Waals surface area contributed by atoms with Crippen LogP contribution in [0.3, 0.4) is 0 Å². The summed E-state index contributed by atoms with van der Waals surface area (Å²) < 4.78 is 17.3. The lowest BCUT2D eigenvalue weighted by Crippen LogP contribution is -2.41. The van der Waals surface area contributed by atoms with E-state index in [4.69, 9.17) is 14.0 Å². The summed E-state index contributed by atoms with van der Waals surface area (Å²) >= 11 is 0. The topological polar surface area (TPSA) is 56.8 Å². The summed E-state index contributed by atoms with van der Waals surface area (Å²) in [5.74, 6) is 0.365. The van der Waals surface area contributed by atoms with Crippen molar-refractivity contribution < 1.29 is 18.8 Å². The molecule has 0 aliphatic carbocycles. The first kappa shape index (κ1) is 16.8. The predicted octanol–water partition coefficient (Wildman–Crippen LogP) is 1.74. The number of benzene rings is 1. The molecule has 6 heteroatoms. The highest BCUT2D eigenvalue weighted by molar-refractivity contribution is 6.62. The summed E-state index contributed by atoms with van der Waals surface area (Å²) in [6.45, 7) is 10.4. The molecule has 120 valence electrons. The van der Waals surface area contributed by atoms with Gasteiger partial charge in [0.25, 0.3) is 5.91 Å². The van der Waals surface area contributed by atoms with E-state index in [0.29, 0.717) is 17.9 Å². The van der Waals surface area contributed by atoms with Gasteiger partial charge in [0.2, 0.25) is 0 Å². The van der Waals surface area contributed by atoms with E-state index >= 15 is 0 Å². The molecule has 1 heterocycles. The highest BCUT2D eigenvalue weighted by atomic mass is 16.7. The Morgan fingerprint density at radius 1 is 1.23 bits per heavy atom. The fraction of sp³-hybridized carbons (Fsp3) is 0.562. The number of ether oxygens (including phenoxy) is 1. The molecule has 1 saturated heterocycles. The van der Waals surface area contributed by atoms with Crippen molar-refractivity contribution in [1.29, 1.82) is 0 Å². The van der Waals surface area contributed by atoms with Crippen LogP contribution in [0.5, 0.6) is 5.75 Å². The van der Waals surface area contributed by atoms with Crippen LogP contribution >= 0.6 is 0 Å². The molecular formula is C16H24BNO4. The van der Waals surface area contributed by atoms with E-state index < -0.39 is 18.3 Å². The van der Waals surface area contributed by atoms with Gasteiger partial charge in [-0.2, -0.15) is 0 Å². The quantitative estimate of drug-likeness (QED) is 0.861. The van der Waals surface area contributed by atoms with Crippen molar-refractivity contribution in [2.45, 2.75) is 45.8 Å². The number of nitrogens with one attached hydrogen (secondary N) is 1. The minimum atomic E-state index is -0.496. The fourth-order valence-electron chi connectivity index (χ4n) is 2.28. The molecule has 1 N–H and O–H groups in total. The van der Waals surface area contributed by atoms with Crippen LogP contribution in [0.2, 0.25) is 0 Å². The van der Waals surface area contributed by atoms with Gasteiger partial charge in [0.05, 0.1) is 23.9 Å². The van der Waals surface area contributed by atoms with Crippen molar-refractivity contribution in [3.63, 3.8) is 0 Å². The first-order valence-corrected chi connectivity index (χ1v) is 7.53. The molecule has 1 aliphatic heterocycles. The van der Waals surface area contributed by atoms with Crippen molar-refractivity contribution in [3.8, 4) is 5.75 Å². The highest BCUT2D eigenvalue weighted by Crippen LogP contribution is 2.36. The summed E-state index contributed by atoms with van der Waals surface area (Å²) in [4.78, 5) is 12.2. The van der Waals surface area contributed by atoms with Crippen LogP contribution in [0, 0.1) is 0 Å². The molecule has 0 radical (unpaired) electrons. The van der Waals surface area contributed by atoms with Gasteiger partial charge < -0.3 is 19.4 Å². The highest BCUT2D eigenvalue weighted by Gasteiger charge is 2.51. The van der Waals surface area contributed by atoms with E-state index in [1.54, 1.807) is 19.2 Å². The van der Waals surface area contributed by atoms with E-state index in [1.165, 1.54) is 0 Å². The number of hydrogen-bond donors (Lipinski definition) is 1. The number of hydrogen-bond acceptors (Lipinski definition) is 4. The largest absolute Gasteiger partial charge is 0.496 e. The Hall–Kier alpha value is -1.53. The summed E-state index contributed by atoms with van der Waals surface area (Å²) in [7, 11) is 1.05. The van der Waals surface area contributed by atoms with Gasteiger partial charge in [-0.1, -0.05) is 6.07 Å². The Morgan fingerprint density at radius 2 is 1.82 bits per heavy atom. The zero-order valence-electron chi connectivity index (χ0n) is 14.1. The molecule has 0 unspecified atom stereocenters. The van der Waals surface area contributed by atoms with E-state index in [9.17, 15) is 4.79 Å². The SMILES string of the molecule is CCNC(=O)c1cc(B2OC(C)(C)C(C)(C)O2)ccc1OC. The second-order valence-electron chi connectivity index (χ2n) is 6.41. The van der Waals surface area contributed by atoms with Gasteiger partial charge >= 0.3 is 7.12 Å². The summed E-state index contributed by atoms with van der Waals surface area (Å²) in [5.41, 5.74) is 0.463. The van der Waals surface area contributed by atoms with Crippen LogP contribution in [-0.2, 0) is 9.31 Å². The molecule has 5 nitrogen and oxygen atoms in total. The number of amides is 1. The number of carbonyl (C=O) groups excluding carboxylic acids is 1. The van der Waals surface area contributed by atoms with Gasteiger partial charge in [-0.3, -0.25) is 4.79 Å². The molecule has 2 rings (SSSR count). The van der Waals surface area contributed by atoms with Gasteiger partial charge in [0.15, 0.2) is 0 Å². The minimum absolute atomic E-state index is 0.169. The van der Waals surface area contributed by atoms with Crippen LogP contribution in [0.25, 0.3) is 0 Å². The van der Waals surface area contributed by atoms with Crippen molar-refractivity contribution >= 4 is 18.5 Å². The molecular weight excluding hydrogens is 281 g/mol. The molecule has 0 saturated carbocycles. The second kappa shape index (κ2) is 5.93. The minimum Gasteiger partial charge on any atom is -0.496 e. The Balaban J connectivity index is 2.34. The van der Waals surface area contributed by atoms with E-state index in [0.717, 1.165) is 5.46 Å². The summed E-state index contributed by atoms with van der Waals surface area (Å²) in [6, 6.07) is 5.40.